The number of fused-ring (bicyclic) bond motifs is 1. The summed E-state index contributed by atoms with van der Waals surface area (Å²) in [7, 11) is -1.05. The van der Waals surface area contributed by atoms with E-state index in [-0.39, 0.29) is 64.2 Å². The molecule has 1 amide bonds. The van der Waals surface area contributed by atoms with E-state index in [1.165, 1.54) is 24.8 Å². The summed E-state index contributed by atoms with van der Waals surface area (Å²) in [6, 6.07) is 2.57. The summed E-state index contributed by atoms with van der Waals surface area (Å²) in [5.74, 6) is -0.106. The van der Waals surface area contributed by atoms with Gasteiger partial charge in [-0.25, -0.2) is 34.7 Å². The predicted octanol–water partition coefficient (Wildman–Crippen LogP) is 2.13. The van der Waals surface area contributed by atoms with Crippen LogP contribution in [0.1, 0.15) is 66.9 Å². The number of carbonyl (C=O) groups is 2. The zero-order valence-electron chi connectivity index (χ0n) is 26.4. The van der Waals surface area contributed by atoms with E-state index in [0.29, 0.717) is 40.2 Å². The molecular weight excluding hydrogens is 690 g/mol. The number of benzene rings is 1. The number of hydrogen-bond acceptors (Lipinski definition) is 15. The quantitative estimate of drug-likeness (QED) is 0.0860. The molecule has 4 aromatic rings. The monoisotopic (exact) mass is 734 g/mol. The molecule has 272 valence electrons. The van der Waals surface area contributed by atoms with E-state index in [9.17, 15) is 14.6 Å². The van der Waals surface area contributed by atoms with E-state index < -0.39 is 25.0 Å². The number of alkyl halides is 1. The highest BCUT2D eigenvalue weighted by Crippen LogP contribution is 2.17. The molecule has 19 heteroatoms. The van der Waals surface area contributed by atoms with Crippen molar-refractivity contribution in [2.24, 2.45) is 5.92 Å². The van der Waals surface area contributed by atoms with Crippen LogP contribution in [0.4, 0.5) is 17.8 Å². The Kier molecular flexibility index (Phi) is 20.1. The summed E-state index contributed by atoms with van der Waals surface area (Å²) < 4.78 is 10.5. The Hall–Kier alpha value is -4.68. The molecule has 0 radical (unpaired) electrons. The van der Waals surface area contributed by atoms with E-state index in [1.54, 1.807) is 31.5 Å². The highest BCUT2D eigenvalue weighted by Gasteiger charge is 2.32. The number of rotatable bonds is 8. The number of anilines is 3. The van der Waals surface area contributed by atoms with Crippen molar-refractivity contribution in [2.45, 2.75) is 67.4 Å². The molecule has 1 aliphatic rings. The topological polar surface area (TPSA) is 260 Å². The second kappa shape index (κ2) is 22.1. The Morgan fingerprint density at radius 3 is 1.86 bits per heavy atom. The second-order valence-electron chi connectivity index (χ2n) is 10.4. The molecule has 4 heterocycles. The van der Waals surface area contributed by atoms with Gasteiger partial charge >= 0.3 is 13.1 Å². The molecular formula is C31H45BCl2N10O6. The van der Waals surface area contributed by atoms with Gasteiger partial charge in [-0.2, -0.15) is 0 Å². The molecule has 1 aromatic carbocycles. The Balaban J connectivity index is 0.000000938. The van der Waals surface area contributed by atoms with Gasteiger partial charge in [-0.15, -0.1) is 24.0 Å². The van der Waals surface area contributed by atoms with Crippen molar-refractivity contribution in [2.75, 3.05) is 17.2 Å². The molecule has 0 bridgehead atoms. The number of hydrogen-bond donors (Lipinski definition) is 6. The number of nitrogen functional groups attached to an aromatic ring is 3. The number of nitrogens with one attached hydrogen (secondary N) is 1. The number of halogens is 2. The number of aliphatic hydroxyl groups excluding tert-OH is 1. The van der Waals surface area contributed by atoms with Gasteiger partial charge in [-0.05, 0) is 35.5 Å². The van der Waals surface area contributed by atoms with E-state index in [4.69, 9.17) is 43.3 Å². The highest BCUT2D eigenvalue weighted by atomic mass is 35.5. The van der Waals surface area contributed by atoms with Crippen molar-refractivity contribution in [3.8, 4) is 0 Å². The highest BCUT2D eigenvalue weighted by molar-refractivity contribution is 6.62. The van der Waals surface area contributed by atoms with Crippen LogP contribution >= 0.6 is 24.0 Å². The van der Waals surface area contributed by atoms with Gasteiger partial charge in [-0.1, -0.05) is 34.8 Å². The van der Waals surface area contributed by atoms with Crippen LogP contribution in [-0.2, 0) is 39.9 Å². The SMILES string of the molecule is C.C.Cc1c(C(=O)N[C@H](C(=O)OCc2cnc(N)nc2)C(C)C)ccc2c1B(O)OC2.Cl.Nc1ncc(CCl)cn1.Nc1ncc(CO)cn1. The van der Waals surface area contributed by atoms with Crippen LogP contribution in [0, 0.1) is 12.8 Å². The third-order valence-corrected chi connectivity index (χ3v) is 6.90. The van der Waals surface area contributed by atoms with Gasteiger partial charge in [0.25, 0.3) is 5.91 Å². The molecule has 0 saturated heterocycles. The molecule has 0 saturated carbocycles. The van der Waals surface area contributed by atoms with Crippen molar-refractivity contribution >= 4 is 66.3 Å². The number of aliphatic hydroxyl groups is 1. The largest absolute Gasteiger partial charge is 0.492 e. The maximum Gasteiger partial charge on any atom is 0.492 e. The molecule has 16 nitrogen and oxygen atoms in total. The number of amides is 1. The van der Waals surface area contributed by atoms with Crippen LogP contribution in [0.3, 0.4) is 0 Å². The lowest BCUT2D eigenvalue weighted by Crippen LogP contribution is -2.46. The van der Waals surface area contributed by atoms with Gasteiger partial charge < -0.3 is 42.0 Å². The lowest BCUT2D eigenvalue weighted by Gasteiger charge is -2.21. The molecule has 1 atom stereocenters. The summed E-state index contributed by atoms with van der Waals surface area (Å²) >= 11 is 5.46. The van der Waals surface area contributed by atoms with E-state index in [2.05, 4.69) is 35.2 Å². The van der Waals surface area contributed by atoms with Crippen molar-refractivity contribution in [3.05, 3.63) is 82.7 Å². The third-order valence-electron chi connectivity index (χ3n) is 6.59. The predicted molar refractivity (Wildman–Crippen MR) is 195 cm³/mol. The smallest absolute Gasteiger partial charge is 0.459 e. The fourth-order valence-electron chi connectivity index (χ4n) is 4.03. The first-order valence-electron chi connectivity index (χ1n) is 14.2. The first-order valence-corrected chi connectivity index (χ1v) is 14.7. The Bertz CT molecular complexity index is 1580. The number of esters is 1. The molecule has 9 N–H and O–H groups in total. The van der Waals surface area contributed by atoms with Gasteiger partial charge in [0.15, 0.2) is 0 Å². The average molecular weight is 735 g/mol. The lowest BCUT2D eigenvalue weighted by molar-refractivity contribution is -0.148. The molecule has 0 fully saturated rings. The normalized spacial score (nSPS) is 11.5. The molecule has 1 aliphatic heterocycles. The minimum absolute atomic E-state index is 0. The van der Waals surface area contributed by atoms with E-state index in [0.717, 1.165) is 11.1 Å². The average Bonchev–Trinajstić information content (AvgIpc) is 3.45. The molecule has 3 aromatic heterocycles. The molecule has 5 rings (SSSR count). The van der Waals surface area contributed by atoms with Gasteiger partial charge in [0, 0.05) is 59.4 Å². The number of aromatic nitrogens is 6. The van der Waals surface area contributed by atoms with Crippen LogP contribution in [-0.4, -0.2) is 65.1 Å². The Labute approximate surface area is 303 Å². The van der Waals surface area contributed by atoms with Gasteiger partial charge in [0.05, 0.1) is 19.1 Å². The van der Waals surface area contributed by atoms with E-state index >= 15 is 0 Å². The fraction of sp³-hybridized carbons (Fsp3) is 0.355. The van der Waals surface area contributed by atoms with Crippen LogP contribution in [0.5, 0.6) is 0 Å². The zero-order valence-corrected chi connectivity index (χ0v) is 28.0. The Morgan fingerprint density at radius 2 is 1.40 bits per heavy atom. The summed E-state index contributed by atoms with van der Waals surface area (Å²) in [6.07, 6.45) is 9.13. The summed E-state index contributed by atoms with van der Waals surface area (Å²) in [6.45, 7) is 5.60. The van der Waals surface area contributed by atoms with Gasteiger partial charge in [-0.3, -0.25) is 4.79 Å². The lowest BCUT2D eigenvalue weighted by atomic mass is 9.75. The number of carbonyl (C=O) groups excluding carboxylic acids is 2. The standard InChI is InChI=1S/C19H23BN4O5.C5H6ClN3.C5H7N3O.2CH4.ClH/c1-10(2)16(18(26)28-8-12-6-22-19(21)23-7-12)24-17(25)14-5-4-13-9-29-20(27)15(13)11(14)3;6-1-4-2-8-5(7)9-3-4;6-5-7-1-4(3-9)2-8-5;;;/h4-7,10,16,27H,8-9H2,1-3H3,(H,24,25)(H2,21,22,23);2-3H,1H2,(H2,7,8,9);1-2,9H,3H2,(H2,6,7,8);2*1H4;1H/t16-;;;;;/m0...../s1. The van der Waals surface area contributed by atoms with Gasteiger partial charge in [0.1, 0.15) is 12.6 Å². The van der Waals surface area contributed by atoms with Crippen LogP contribution in [0.15, 0.2) is 49.3 Å². The summed E-state index contributed by atoms with van der Waals surface area (Å²) in [5.41, 5.74) is 20.4. The summed E-state index contributed by atoms with van der Waals surface area (Å²) in [5, 5.41) is 21.2. The van der Waals surface area contributed by atoms with Crippen molar-refractivity contribution in [3.63, 3.8) is 0 Å². The minimum atomic E-state index is -1.05. The van der Waals surface area contributed by atoms with Crippen molar-refractivity contribution in [1.29, 1.82) is 0 Å². The van der Waals surface area contributed by atoms with Gasteiger partial charge in [0.2, 0.25) is 17.8 Å². The zero-order chi connectivity index (χ0) is 34.5. The molecule has 0 aliphatic carbocycles. The maximum atomic E-state index is 12.8. The molecule has 0 unspecified atom stereocenters. The van der Waals surface area contributed by atoms with Crippen molar-refractivity contribution in [1.82, 2.24) is 35.2 Å². The summed E-state index contributed by atoms with van der Waals surface area (Å²) in [4.78, 5) is 47.8. The second-order valence-corrected chi connectivity index (χ2v) is 10.7. The van der Waals surface area contributed by atoms with Crippen LogP contribution in [0.25, 0.3) is 0 Å². The van der Waals surface area contributed by atoms with Crippen molar-refractivity contribution < 1.29 is 29.1 Å². The third kappa shape index (κ3) is 13.3. The van der Waals surface area contributed by atoms with Crippen LogP contribution in [0.2, 0.25) is 0 Å². The number of nitrogens with zero attached hydrogens (tertiary/aromatic N) is 6. The maximum absolute atomic E-state index is 12.8. The Morgan fingerprint density at radius 1 is 0.920 bits per heavy atom. The first kappa shape index (κ1) is 45.3. The first-order chi connectivity index (χ1) is 22.4. The molecule has 0 spiro atoms. The number of nitrogens with two attached hydrogens (primary N) is 3. The fourth-order valence-corrected chi connectivity index (χ4v) is 4.17. The minimum Gasteiger partial charge on any atom is -0.459 e. The number of ether oxygens (including phenoxy) is 1. The van der Waals surface area contributed by atoms with Crippen LogP contribution < -0.4 is 28.0 Å². The van der Waals surface area contributed by atoms with E-state index in [1.807, 2.05) is 13.8 Å². The molecule has 50 heavy (non-hydrogen) atoms.